The minimum absolute atomic E-state index is 0.159. The number of likely N-dealkylation sites (tertiary alicyclic amines) is 1. The lowest BCUT2D eigenvalue weighted by atomic mass is 10.0. The molecule has 0 aliphatic carbocycles. The fourth-order valence-electron chi connectivity index (χ4n) is 6.73. The summed E-state index contributed by atoms with van der Waals surface area (Å²) in [5, 5.41) is 0. The van der Waals surface area contributed by atoms with Crippen molar-refractivity contribution >= 4 is 22.1 Å². The number of hydrogen-bond acceptors (Lipinski definition) is 5. The Morgan fingerprint density at radius 1 is 0.696 bits per heavy atom. The average Bonchev–Trinajstić information content (AvgIpc) is 3.47. The molecule has 8 rings (SSSR count). The Labute approximate surface area is 267 Å². The van der Waals surface area contributed by atoms with Gasteiger partial charge in [0.1, 0.15) is 11.5 Å². The first-order valence-electron chi connectivity index (χ1n) is 15.9. The summed E-state index contributed by atoms with van der Waals surface area (Å²) in [4.78, 5) is 33.0. The lowest BCUT2D eigenvalue weighted by molar-refractivity contribution is 0.182. The molecule has 4 heterocycles. The van der Waals surface area contributed by atoms with Gasteiger partial charge in [0.25, 0.3) is 5.56 Å². The van der Waals surface area contributed by atoms with Crippen LogP contribution in [0.4, 0.5) is 0 Å². The molecule has 1 fully saturated rings. The summed E-state index contributed by atoms with van der Waals surface area (Å²) in [6.45, 7) is 2.99. The average molecular weight is 603 g/mol. The second kappa shape index (κ2) is 12.2. The highest BCUT2D eigenvalue weighted by molar-refractivity contribution is 5.93. The molecule has 7 heteroatoms. The minimum atomic E-state index is -0.159. The van der Waals surface area contributed by atoms with Crippen LogP contribution in [0.25, 0.3) is 44.6 Å². The number of hydrogen-bond donors (Lipinski definition) is 1. The number of nitrogens with one attached hydrogen (secondary N) is 1. The Kier molecular flexibility index (Phi) is 7.44. The predicted octanol–water partition coefficient (Wildman–Crippen LogP) is 7.43. The van der Waals surface area contributed by atoms with Crippen LogP contribution in [0, 0.1) is 0 Å². The smallest absolute Gasteiger partial charge is 0.270 e. The molecule has 0 radical (unpaired) electrons. The molecule has 1 N–H and O–H groups in total. The first-order chi connectivity index (χ1) is 22.7. The van der Waals surface area contributed by atoms with E-state index in [-0.39, 0.29) is 11.6 Å². The Morgan fingerprint density at radius 3 is 2.07 bits per heavy atom. The molecule has 0 unspecified atom stereocenters. The van der Waals surface area contributed by atoms with Gasteiger partial charge in [-0.1, -0.05) is 84.9 Å². The summed E-state index contributed by atoms with van der Waals surface area (Å²) in [5.41, 5.74) is 9.50. The Balaban J connectivity index is 1.19. The van der Waals surface area contributed by atoms with E-state index in [4.69, 9.17) is 9.97 Å². The fraction of sp³-hybridized carbons (Fsp3) is 0.179. The molecule has 7 nitrogen and oxygen atoms in total. The SMILES string of the molecule is O=c1[nH]c2cc3nc(-c4ccc(-c5ccncc5)cc4)n(C4CCN(Cc5ccccc5)CC4)c3cc2nc1Cc1ccccc1. The predicted molar refractivity (Wildman–Crippen MR) is 184 cm³/mol. The molecule has 4 aromatic carbocycles. The van der Waals surface area contributed by atoms with Gasteiger partial charge in [-0.05, 0) is 59.4 Å². The van der Waals surface area contributed by atoms with Crippen LogP contribution in [0.5, 0.6) is 0 Å². The van der Waals surface area contributed by atoms with Crippen LogP contribution in [0.15, 0.2) is 126 Å². The number of H-pyrrole nitrogens is 1. The Bertz CT molecular complexity index is 2170. The lowest BCUT2D eigenvalue weighted by Crippen LogP contribution is -2.34. The van der Waals surface area contributed by atoms with Gasteiger partial charge in [0, 0.05) is 50.1 Å². The molecule has 0 amide bonds. The molecule has 1 aliphatic heterocycles. The summed E-state index contributed by atoms with van der Waals surface area (Å²) in [5.74, 6) is 0.944. The number of rotatable bonds is 7. The van der Waals surface area contributed by atoms with Crippen LogP contribution in [0.3, 0.4) is 0 Å². The number of benzene rings is 4. The number of nitrogens with zero attached hydrogens (tertiary/aromatic N) is 5. The second-order valence-electron chi connectivity index (χ2n) is 12.1. The van der Waals surface area contributed by atoms with Gasteiger partial charge in [-0.2, -0.15) is 0 Å². The molecular formula is C39H34N6O. The summed E-state index contributed by atoms with van der Waals surface area (Å²) in [6.07, 6.45) is 6.17. The van der Waals surface area contributed by atoms with E-state index >= 15 is 0 Å². The highest BCUT2D eigenvalue weighted by atomic mass is 16.1. The van der Waals surface area contributed by atoms with Crippen LogP contribution in [-0.4, -0.2) is 42.5 Å². The van der Waals surface area contributed by atoms with Crippen molar-refractivity contribution in [2.45, 2.75) is 31.8 Å². The maximum absolute atomic E-state index is 13.1. The van der Waals surface area contributed by atoms with E-state index in [0.29, 0.717) is 17.6 Å². The summed E-state index contributed by atoms with van der Waals surface area (Å²) in [6, 6.07) is 37.8. The molecule has 3 aromatic heterocycles. The van der Waals surface area contributed by atoms with Gasteiger partial charge in [-0.3, -0.25) is 14.7 Å². The minimum Gasteiger partial charge on any atom is -0.321 e. The van der Waals surface area contributed by atoms with E-state index < -0.39 is 0 Å². The van der Waals surface area contributed by atoms with Crippen molar-refractivity contribution in [1.82, 2.24) is 29.4 Å². The molecule has 0 saturated carbocycles. The highest BCUT2D eigenvalue weighted by Crippen LogP contribution is 2.35. The third kappa shape index (κ3) is 5.61. The number of pyridine rings is 1. The third-order valence-electron chi connectivity index (χ3n) is 9.12. The van der Waals surface area contributed by atoms with Crippen molar-refractivity contribution in [3.63, 3.8) is 0 Å². The number of fused-ring (bicyclic) bond motifs is 2. The largest absolute Gasteiger partial charge is 0.321 e. The monoisotopic (exact) mass is 602 g/mol. The fourth-order valence-corrected chi connectivity index (χ4v) is 6.73. The van der Waals surface area contributed by atoms with E-state index in [0.717, 1.165) is 77.1 Å². The van der Waals surface area contributed by atoms with Crippen molar-refractivity contribution in [3.05, 3.63) is 149 Å². The summed E-state index contributed by atoms with van der Waals surface area (Å²) in [7, 11) is 0. The van der Waals surface area contributed by atoms with Crippen molar-refractivity contribution in [2.75, 3.05) is 13.1 Å². The molecule has 46 heavy (non-hydrogen) atoms. The molecule has 0 spiro atoms. The van der Waals surface area contributed by atoms with Crippen LogP contribution in [0.1, 0.15) is 35.7 Å². The third-order valence-corrected chi connectivity index (χ3v) is 9.12. The van der Waals surface area contributed by atoms with Crippen LogP contribution >= 0.6 is 0 Å². The van der Waals surface area contributed by atoms with Gasteiger partial charge in [0.05, 0.1) is 22.1 Å². The molecule has 1 saturated heterocycles. The molecule has 226 valence electrons. The van der Waals surface area contributed by atoms with Crippen molar-refractivity contribution in [2.24, 2.45) is 0 Å². The number of aromatic amines is 1. The second-order valence-corrected chi connectivity index (χ2v) is 12.1. The Morgan fingerprint density at radius 2 is 1.35 bits per heavy atom. The normalized spacial score (nSPS) is 14.3. The molecule has 0 bridgehead atoms. The van der Waals surface area contributed by atoms with E-state index in [1.807, 2.05) is 60.9 Å². The summed E-state index contributed by atoms with van der Waals surface area (Å²) >= 11 is 0. The first kappa shape index (κ1) is 28.1. The topological polar surface area (TPSA) is 79.7 Å². The van der Waals surface area contributed by atoms with Gasteiger partial charge in [0.15, 0.2) is 0 Å². The standard InChI is InChI=1S/C39H34N6O/c46-39-36(23-27-7-3-1-4-8-27)41-34-25-37-35(24-33(34)43-39)42-38(31-13-11-29(12-14-31)30-15-19-40-20-16-30)45(37)32-17-21-44(22-18-32)26-28-9-5-2-6-10-28/h1-16,19-20,24-25,32H,17-18,21-23,26H2,(H,43,46). The van der Waals surface area contributed by atoms with Crippen molar-refractivity contribution in [1.29, 1.82) is 0 Å². The van der Waals surface area contributed by atoms with E-state index in [9.17, 15) is 4.79 Å². The quantitative estimate of drug-likeness (QED) is 0.205. The number of imidazole rings is 1. The highest BCUT2D eigenvalue weighted by Gasteiger charge is 2.26. The van der Waals surface area contributed by atoms with E-state index in [2.05, 4.69) is 80.1 Å². The number of aromatic nitrogens is 5. The maximum Gasteiger partial charge on any atom is 0.270 e. The first-order valence-corrected chi connectivity index (χ1v) is 15.9. The summed E-state index contributed by atoms with van der Waals surface area (Å²) < 4.78 is 2.43. The molecular weight excluding hydrogens is 568 g/mol. The van der Waals surface area contributed by atoms with Crippen molar-refractivity contribution < 1.29 is 0 Å². The molecule has 1 aliphatic rings. The maximum atomic E-state index is 13.1. The van der Waals surface area contributed by atoms with Gasteiger partial charge >= 0.3 is 0 Å². The Hall–Kier alpha value is -5.40. The molecule has 7 aromatic rings. The van der Waals surface area contributed by atoms with E-state index in [1.54, 1.807) is 0 Å². The number of piperidine rings is 1. The zero-order valence-electron chi connectivity index (χ0n) is 25.5. The zero-order chi connectivity index (χ0) is 30.9. The van der Waals surface area contributed by atoms with Crippen LogP contribution in [-0.2, 0) is 13.0 Å². The van der Waals surface area contributed by atoms with Crippen LogP contribution < -0.4 is 5.56 Å². The van der Waals surface area contributed by atoms with Crippen molar-refractivity contribution in [3.8, 4) is 22.5 Å². The van der Waals surface area contributed by atoms with Gasteiger partial charge in [-0.25, -0.2) is 9.97 Å². The zero-order valence-corrected chi connectivity index (χ0v) is 25.5. The molecule has 0 atom stereocenters. The lowest BCUT2D eigenvalue weighted by Gasteiger charge is -2.33. The van der Waals surface area contributed by atoms with Crippen LogP contribution in [0.2, 0.25) is 0 Å². The van der Waals surface area contributed by atoms with Gasteiger partial charge in [-0.15, -0.1) is 0 Å². The van der Waals surface area contributed by atoms with Gasteiger partial charge in [0.2, 0.25) is 0 Å². The van der Waals surface area contributed by atoms with Gasteiger partial charge < -0.3 is 9.55 Å². The van der Waals surface area contributed by atoms with E-state index in [1.165, 1.54) is 5.56 Å².